The van der Waals surface area contributed by atoms with Gasteiger partial charge >= 0.3 is 6.03 Å². The van der Waals surface area contributed by atoms with Gasteiger partial charge in [-0.2, -0.15) is 0 Å². The fourth-order valence-electron chi connectivity index (χ4n) is 3.37. The maximum atomic E-state index is 12.2. The summed E-state index contributed by atoms with van der Waals surface area (Å²) in [5.41, 5.74) is 0. The smallest absolute Gasteiger partial charge is 0.317 e. The zero-order chi connectivity index (χ0) is 15.2. The van der Waals surface area contributed by atoms with E-state index in [0.717, 1.165) is 44.7 Å². The summed E-state index contributed by atoms with van der Waals surface area (Å²) in [7, 11) is 0. The summed E-state index contributed by atoms with van der Waals surface area (Å²) in [5.74, 6) is 1.91. The quantitative estimate of drug-likeness (QED) is 0.846. The van der Waals surface area contributed by atoms with Crippen LogP contribution in [0.3, 0.4) is 0 Å². The van der Waals surface area contributed by atoms with E-state index in [2.05, 4.69) is 35.6 Å². The third-order valence-corrected chi connectivity index (χ3v) is 6.06. The molecule has 1 saturated heterocycles. The molecule has 1 aromatic carbocycles. The van der Waals surface area contributed by atoms with E-state index in [9.17, 15) is 4.79 Å². The molecule has 0 bridgehead atoms. The van der Waals surface area contributed by atoms with Crippen molar-refractivity contribution in [1.82, 2.24) is 10.2 Å². The minimum atomic E-state index is 0.168. The van der Waals surface area contributed by atoms with Crippen molar-refractivity contribution in [2.45, 2.75) is 49.5 Å². The molecule has 0 radical (unpaired) electrons. The van der Waals surface area contributed by atoms with E-state index in [0.29, 0.717) is 6.04 Å². The van der Waals surface area contributed by atoms with Crippen LogP contribution in [0.4, 0.5) is 4.79 Å². The molecule has 1 N–H and O–H groups in total. The van der Waals surface area contributed by atoms with Crippen molar-refractivity contribution < 1.29 is 4.79 Å². The number of nitrogens with one attached hydrogen (secondary N) is 1. The van der Waals surface area contributed by atoms with Crippen molar-refractivity contribution in [1.29, 1.82) is 0 Å². The van der Waals surface area contributed by atoms with Crippen molar-refractivity contribution in [3.8, 4) is 0 Å². The van der Waals surface area contributed by atoms with Gasteiger partial charge in [-0.25, -0.2) is 4.79 Å². The molecule has 1 aliphatic heterocycles. The molecule has 2 amide bonds. The van der Waals surface area contributed by atoms with Gasteiger partial charge in [0.2, 0.25) is 0 Å². The predicted octanol–water partition coefficient (Wildman–Crippen LogP) is 4.14. The fraction of sp³-hybridized carbons (Fsp3) is 0.611. The van der Waals surface area contributed by atoms with Gasteiger partial charge in [-0.1, -0.05) is 31.0 Å². The van der Waals surface area contributed by atoms with Crippen LogP contribution >= 0.6 is 11.8 Å². The first-order valence-electron chi connectivity index (χ1n) is 8.54. The average Bonchev–Trinajstić information content (AvgIpc) is 3.07. The third-order valence-electron chi connectivity index (χ3n) is 4.81. The molecule has 1 heterocycles. The summed E-state index contributed by atoms with van der Waals surface area (Å²) < 4.78 is 0. The van der Waals surface area contributed by atoms with E-state index in [1.165, 1.54) is 23.5 Å². The number of thioether (sulfide) groups is 1. The molecule has 1 aromatic rings. The first kappa shape index (κ1) is 15.7. The molecule has 4 heteroatoms. The van der Waals surface area contributed by atoms with Gasteiger partial charge in [0.05, 0.1) is 0 Å². The van der Waals surface area contributed by atoms with Gasteiger partial charge in [0.1, 0.15) is 0 Å². The highest BCUT2D eigenvalue weighted by Crippen LogP contribution is 2.26. The molecule has 0 atom stereocenters. The van der Waals surface area contributed by atoms with Gasteiger partial charge in [0, 0.05) is 29.8 Å². The summed E-state index contributed by atoms with van der Waals surface area (Å²) in [6.45, 7) is 1.83. The summed E-state index contributed by atoms with van der Waals surface area (Å²) in [4.78, 5) is 15.6. The number of carbonyl (C=O) groups is 1. The van der Waals surface area contributed by atoms with Gasteiger partial charge in [-0.05, 0) is 43.7 Å². The van der Waals surface area contributed by atoms with Crippen molar-refractivity contribution in [2.75, 3.05) is 18.8 Å². The molecule has 3 nitrogen and oxygen atoms in total. The summed E-state index contributed by atoms with van der Waals surface area (Å²) in [5, 5.41) is 3.20. The van der Waals surface area contributed by atoms with Crippen molar-refractivity contribution in [3.63, 3.8) is 0 Å². The van der Waals surface area contributed by atoms with Crippen LogP contribution in [0.5, 0.6) is 0 Å². The van der Waals surface area contributed by atoms with Crippen LogP contribution in [-0.2, 0) is 0 Å². The Kier molecular flexibility index (Phi) is 5.65. The molecular formula is C18H26N2OS. The molecule has 2 aliphatic rings. The third kappa shape index (κ3) is 4.42. The molecule has 2 fully saturated rings. The number of likely N-dealkylation sites (tertiary alicyclic amines) is 1. The number of benzene rings is 1. The maximum Gasteiger partial charge on any atom is 0.317 e. The van der Waals surface area contributed by atoms with E-state index in [-0.39, 0.29) is 6.03 Å². The molecule has 0 aromatic heterocycles. The summed E-state index contributed by atoms with van der Waals surface area (Å²) in [6.07, 6.45) is 7.13. The zero-order valence-corrected chi connectivity index (χ0v) is 14.0. The Morgan fingerprint density at radius 1 is 1.09 bits per heavy atom. The van der Waals surface area contributed by atoms with Gasteiger partial charge in [-0.15, -0.1) is 11.8 Å². The molecule has 1 aliphatic carbocycles. The topological polar surface area (TPSA) is 32.3 Å². The van der Waals surface area contributed by atoms with Crippen molar-refractivity contribution >= 4 is 17.8 Å². The lowest BCUT2D eigenvalue weighted by Crippen LogP contribution is -2.47. The molecule has 120 valence electrons. The summed E-state index contributed by atoms with van der Waals surface area (Å²) >= 11 is 1.94. The molecule has 0 spiro atoms. The van der Waals surface area contributed by atoms with Gasteiger partial charge in [0.15, 0.2) is 0 Å². The first-order chi connectivity index (χ1) is 10.8. The minimum absolute atomic E-state index is 0.168. The van der Waals surface area contributed by atoms with Crippen LogP contribution in [0.2, 0.25) is 0 Å². The number of hydrogen-bond donors (Lipinski definition) is 1. The minimum Gasteiger partial charge on any atom is -0.335 e. The average molecular weight is 318 g/mol. The zero-order valence-electron chi connectivity index (χ0n) is 13.2. The fourth-order valence-corrected chi connectivity index (χ4v) is 4.48. The number of piperidine rings is 1. The van der Waals surface area contributed by atoms with Gasteiger partial charge in [0.25, 0.3) is 0 Å². The second-order valence-corrected chi connectivity index (χ2v) is 7.58. The Balaban J connectivity index is 1.37. The van der Waals surface area contributed by atoms with Crippen molar-refractivity contribution in [3.05, 3.63) is 30.3 Å². The largest absolute Gasteiger partial charge is 0.335 e. The molecule has 0 unspecified atom stereocenters. The Morgan fingerprint density at radius 2 is 1.77 bits per heavy atom. The molecule has 22 heavy (non-hydrogen) atoms. The highest BCUT2D eigenvalue weighted by molar-refractivity contribution is 7.99. The predicted molar refractivity (Wildman–Crippen MR) is 92.3 cm³/mol. The number of rotatable bonds is 4. The van der Waals surface area contributed by atoms with E-state index < -0.39 is 0 Å². The van der Waals surface area contributed by atoms with E-state index >= 15 is 0 Å². The van der Waals surface area contributed by atoms with Crippen LogP contribution in [0.15, 0.2) is 35.2 Å². The second-order valence-electron chi connectivity index (χ2n) is 6.49. The highest BCUT2D eigenvalue weighted by Gasteiger charge is 2.25. The Labute approximate surface area is 137 Å². The maximum absolute atomic E-state index is 12.2. The van der Waals surface area contributed by atoms with Crippen LogP contribution in [0.1, 0.15) is 38.5 Å². The number of hydrogen-bond acceptors (Lipinski definition) is 2. The van der Waals surface area contributed by atoms with Crippen molar-refractivity contribution in [2.24, 2.45) is 5.92 Å². The van der Waals surface area contributed by atoms with Crippen LogP contribution in [0, 0.1) is 5.92 Å². The van der Waals surface area contributed by atoms with Crippen LogP contribution in [0.25, 0.3) is 0 Å². The number of amides is 2. The Bertz CT molecular complexity index is 465. The van der Waals surface area contributed by atoms with E-state index in [1.54, 1.807) is 0 Å². The van der Waals surface area contributed by atoms with E-state index in [4.69, 9.17) is 0 Å². The van der Waals surface area contributed by atoms with E-state index in [1.807, 2.05) is 16.7 Å². The molecular weight excluding hydrogens is 292 g/mol. The summed E-state index contributed by atoms with van der Waals surface area (Å²) in [6, 6.07) is 11.2. The SMILES string of the molecule is O=C(NC1CCCC1)N1CCC(CSc2ccccc2)CC1. The van der Waals surface area contributed by atoms with Crippen LogP contribution < -0.4 is 5.32 Å². The highest BCUT2D eigenvalue weighted by atomic mass is 32.2. The number of nitrogens with zero attached hydrogens (tertiary/aromatic N) is 1. The van der Waals surface area contributed by atoms with Gasteiger partial charge < -0.3 is 10.2 Å². The monoisotopic (exact) mass is 318 g/mol. The first-order valence-corrected chi connectivity index (χ1v) is 9.53. The second kappa shape index (κ2) is 7.91. The number of urea groups is 1. The Morgan fingerprint density at radius 3 is 2.45 bits per heavy atom. The lowest BCUT2D eigenvalue weighted by atomic mass is 9.99. The lowest BCUT2D eigenvalue weighted by molar-refractivity contribution is 0.171. The number of carbonyl (C=O) groups excluding carboxylic acids is 1. The van der Waals surface area contributed by atoms with Gasteiger partial charge in [-0.3, -0.25) is 0 Å². The lowest BCUT2D eigenvalue weighted by Gasteiger charge is -2.32. The molecule has 3 rings (SSSR count). The Hall–Kier alpha value is -1.16. The van der Waals surface area contributed by atoms with Crippen LogP contribution in [-0.4, -0.2) is 35.8 Å². The molecule has 1 saturated carbocycles. The normalized spacial score (nSPS) is 20.3. The standard InChI is InChI=1S/C18H26N2OS/c21-18(19-16-6-4-5-7-16)20-12-10-15(11-13-20)14-22-17-8-2-1-3-9-17/h1-3,8-9,15-16H,4-7,10-14H2,(H,19,21).